The van der Waals surface area contributed by atoms with Gasteiger partial charge in [0.1, 0.15) is 17.1 Å². The van der Waals surface area contributed by atoms with Crippen LogP contribution in [-0.2, 0) is 30.8 Å². The smallest absolute Gasteiger partial charge is 0.321 e. The van der Waals surface area contributed by atoms with Gasteiger partial charge in [0, 0.05) is 12.2 Å². The van der Waals surface area contributed by atoms with E-state index in [1.54, 1.807) is 4.90 Å². The van der Waals surface area contributed by atoms with Gasteiger partial charge in [0.05, 0.1) is 0 Å². The second-order valence-electron chi connectivity index (χ2n) is 6.48. The molecule has 1 aromatic heterocycles. The monoisotopic (exact) mass is 407 g/mol. The van der Waals surface area contributed by atoms with Gasteiger partial charge in [-0.05, 0) is 38.8 Å². The molecule has 9 nitrogen and oxygen atoms in total. The lowest BCUT2D eigenvalue weighted by Gasteiger charge is -2.21. The Hall–Kier alpha value is -2.72. The third-order valence-corrected chi connectivity index (χ3v) is 6.10. The van der Waals surface area contributed by atoms with Crippen molar-refractivity contribution in [3.63, 3.8) is 0 Å². The van der Waals surface area contributed by atoms with E-state index in [2.05, 4.69) is 9.88 Å². The minimum absolute atomic E-state index is 0.113. The van der Waals surface area contributed by atoms with Gasteiger partial charge in [-0.2, -0.15) is 4.72 Å². The molecule has 0 radical (unpaired) electrons. The average Bonchev–Trinajstić information content (AvgIpc) is 3.23. The molecule has 0 saturated carbocycles. The number of benzene rings is 1. The van der Waals surface area contributed by atoms with Crippen molar-refractivity contribution < 1.29 is 27.3 Å². The van der Waals surface area contributed by atoms with Crippen molar-refractivity contribution in [2.24, 2.45) is 0 Å². The van der Waals surface area contributed by atoms with Gasteiger partial charge in [-0.1, -0.05) is 23.4 Å². The molecule has 28 heavy (non-hydrogen) atoms. The molecule has 1 amide bonds. The first kappa shape index (κ1) is 20.0. The second-order valence-corrected chi connectivity index (χ2v) is 8.18. The van der Waals surface area contributed by atoms with E-state index in [9.17, 15) is 18.0 Å². The summed E-state index contributed by atoms with van der Waals surface area (Å²) in [7, 11) is -3.99. The summed E-state index contributed by atoms with van der Waals surface area (Å²) in [5, 5.41) is 3.58. The fourth-order valence-electron chi connectivity index (χ4n) is 3.16. The zero-order chi connectivity index (χ0) is 20.5. The summed E-state index contributed by atoms with van der Waals surface area (Å²) in [5.74, 6) is -1.09. The third-order valence-electron chi connectivity index (χ3n) is 4.45. The lowest BCUT2D eigenvalue weighted by molar-refractivity contribution is -0.152. The largest absolute Gasteiger partial charge is 0.452 e. The SMILES string of the molecule is Cc1noc(C)c1S(=O)(=O)NCC(=O)O[C@H](C)C(=O)N1CCc2ccccc21. The maximum absolute atomic E-state index is 12.6. The lowest BCUT2D eigenvalue weighted by atomic mass is 10.2. The van der Waals surface area contributed by atoms with Gasteiger partial charge in [-0.25, -0.2) is 8.42 Å². The first-order valence-corrected chi connectivity index (χ1v) is 10.2. The Balaban J connectivity index is 1.59. The predicted octanol–water partition coefficient (Wildman–Crippen LogP) is 1.09. The van der Waals surface area contributed by atoms with Crippen LogP contribution in [0.15, 0.2) is 33.7 Å². The molecule has 1 aliphatic rings. The van der Waals surface area contributed by atoms with Gasteiger partial charge in [0.15, 0.2) is 11.9 Å². The molecule has 2 aromatic rings. The number of para-hydroxylation sites is 1. The van der Waals surface area contributed by atoms with Crippen LogP contribution < -0.4 is 9.62 Å². The maximum Gasteiger partial charge on any atom is 0.321 e. The number of sulfonamides is 1. The van der Waals surface area contributed by atoms with E-state index in [0.29, 0.717) is 6.54 Å². The van der Waals surface area contributed by atoms with Crippen LogP contribution in [0.2, 0.25) is 0 Å². The summed E-state index contributed by atoms with van der Waals surface area (Å²) >= 11 is 0. The highest BCUT2D eigenvalue weighted by Crippen LogP contribution is 2.28. The van der Waals surface area contributed by atoms with Crippen LogP contribution in [-0.4, -0.2) is 44.6 Å². The number of hydrogen-bond acceptors (Lipinski definition) is 7. The molecule has 0 bridgehead atoms. The van der Waals surface area contributed by atoms with Gasteiger partial charge in [-0.3, -0.25) is 9.59 Å². The van der Waals surface area contributed by atoms with Crippen LogP contribution in [0.1, 0.15) is 23.9 Å². The van der Waals surface area contributed by atoms with Crippen molar-refractivity contribution >= 4 is 27.6 Å². The summed E-state index contributed by atoms with van der Waals surface area (Å²) in [6.07, 6.45) is -0.304. The van der Waals surface area contributed by atoms with E-state index in [0.717, 1.165) is 17.7 Å². The summed E-state index contributed by atoms with van der Waals surface area (Å²) in [6.45, 7) is 4.31. The van der Waals surface area contributed by atoms with Gasteiger partial charge in [-0.15, -0.1) is 0 Å². The molecule has 1 aromatic carbocycles. The first-order valence-electron chi connectivity index (χ1n) is 8.72. The molecule has 1 N–H and O–H groups in total. The highest BCUT2D eigenvalue weighted by atomic mass is 32.2. The maximum atomic E-state index is 12.6. The molecule has 150 valence electrons. The van der Waals surface area contributed by atoms with Gasteiger partial charge in [0.25, 0.3) is 5.91 Å². The van der Waals surface area contributed by atoms with Gasteiger partial charge in [0.2, 0.25) is 10.0 Å². The number of fused-ring (bicyclic) bond motifs is 1. The number of carbonyl (C=O) groups excluding carboxylic acids is 2. The summed E-state index contributed by atoms with van der Waals surface area (Å²) in [6, 6.07) is 7.53. The topological polar surface area (TPSA) is 119 Å². The molecule has 10 heteroatoms. The Kier molecular flexibility index (Phi) is 5.52. The first-order chi connectivity index (χ1) is 13.2. The highest BCUT2D eigenvalue weighted by molar-refractivity contribution is 7.89. The Bertz CT molecular complexity index is 995. The van der Waals surface area contributed by atoms with E-state index < -0.39 is 28.6 Å². The number of nitrogens with zero attached hydrogens (tertiary/aromatic N) is 2. The minimum atomic E-state index is -3.99. The zero-order valence-corrected chi connectivity index (χ0v) is 16.6. The summed E-state index contributed by atoms with van der Waals surface area (Å²) in [4.78, 5) is 26.1. The minimum Gasteiger partial charge on any atom is -0.452 e. The fraction of sp³-hybridized carbons (Fsp3) is 0.389. The molecule has 3 rings (SSSR count). The van der Waals surface area contributed by atoms with E-state index >= 15 is 0 Å². The van der Waals surface area contributed by atoms with Crippen molar-refractivity contribution in [3.05, 3.63) is 41.3 Å². The number of esters is 1. The number of rotatable bonds is 6. The molecule has 0 aliphatic carbocycles. The number of aromatic nitrogens is 1. The van der Waals surface area contributed by atoms with Crippen molar-refractivity contribution in [2.75, 3.05) is 18.0 Å². The van der Waals surface area contributed by atoms with Gasteiger partial charge < -0.3 is 14.2 Å². The number of carbonyl (C=O) groups is 2. The number of nitrogens with one attached hydrogen (secondary N) is 1. The number of hydrogen-bond donors (Lipinski definition) is 1. The standard InChI is InChI=1S/C18H21N3O6S/c1-11-17(12(2)27-20-11)28(24,25)19-10-16(22)26-13(3)18(23)21-9-8-14-6-4-5-7-15(14)21/h4-7,13,19H,8-10H2,1-3H3/t13-/m1/s1. The fourth-order valence-corrected chi connectivity index (χ4v) is 4.45. The molecule has 2 heterocycles. The number of ether oxygens (including phenoxy) is 1. The van der Waals surface area contributed by atoms with Crippen LogP contribution >= 0.6 is 0 Å². The number of aryl methyl sites for hydroxylation is 2. The van der Waals surface area contributed by atoms with E-state index in [4.69, 9.17) is 9.26 Å². The lowest BCUT2D eigenvalue weighted by Crippen LogP contribution is -2.41. The van der Waals surface area contributed by atoms with Crippen molar-refractivity contribution in [2.45, 2.75) is 38.2 Å². The second kappa shape index (κ2) is 7.72. The summed E-state index contributed by atoms with van der Waals surface area (Å²) in [5.41, 5.74) is 2.05. The quantitative estimate of drug-likeness (QED) is 0.712. The Labute approximate surface area is 162 Å². The van der Waals surface area contributed by atoms with E-state index in [-0.39, 0.29) is 22.3 Å². The molecule has 0 saturated heterocycles. The van der Waals surface area contributed by atoms with Crippen LogP contribution in [0.3, 0.4) is 0 Å². The molecule has 1 atom stereocenters. The number of amides is 1. The Morgan fingerprint density at radius 1 is 1.32 bits per heavy atom. The van der Waals surface area contributed by atoms with Crippen molar-refractivity contribution in [1.29, 1.82) is 0 Å². The van der Waals surface area contributed by atoms with Crippen molar-refractivity contribution in [3.8, 4) is 0 Å². The van der Waals surface area contributed by atoms with E-state index in [1.807, 2.05) is 24.3 Å². The van der Waals surface area contributed by atoms with Crippen LogP contribution in [0, 0.1) is 13.8 Å². The Morgan fingerprint density at radius 2 is 2.04 bits per heavy atom. The molecular weight excluding hydrogens is 386 g/mol. The number of anilines is 1. The normalized spacial score (nSPS) is 14.6. The summed E-state index contributed by atoms with van der Waals surface area (Å²) < 4.78 is 36.7. The molecule has 1 aliphatic heterocycles. The van der Waals surface area contributed by atoms with Crippen molar-refractivity contribution in [1.82, 2.24) is 9.88 Å². The predicted molar refractivity (Wildman–Crippen MR) is 99.2 cm³/mol. The average molecular weight is 407 g/mol. The molecule has 0 spiro atoms. The Morgan fingerprint density at radius 3 is 2.71 bits per heavy atom. The highest BCUT2D eigenvalue weighted by Gasteiger charge is 2.30. The van der Waals surface area contributed by atoms with Crippen LogP contribution in [0.4, 0.5) is 5.69 Å². The molecular formula is C18H21N3O6S. The molecule has 0 unspecified atom stereocenters. The third kappa shape index (κ3) is 3.92. The van der Waals surface area contributed by atoms with E-state index in [1.165, 1.54) is 20.8 Å². The van der Waals surface area contributed by atoms with Crippen LogP contribution in [0.25, 0.3) is 0 Å². The van der Waals surface area contributed by atoms with Crippen LogP contribution in [0.5, 0.6) is 0 Å². The molecule has 0 fully saturated rings. The zero-order valence-electron chi connectivity index (χ0n) is 15.8. The van der Waals surface area contributed by atoms with Gasteiger partial charge >= 0.3 is 5.97 Å².